The summed E-state index contributed by atoms with van der Waals surface area (Å²) < 4.78 is 7.60. The van der Waals surface area contributed by atoms with Gasteiger partial charge < -0.3 is 19.1 Å². The molecule has 6 nitrogen and oxygen atoms in total. The Bertz CT molecular complexity index is 1240. The molecular formula is C29H34N4O2. The number of rotatable bonds is 6. The third-order valence-electron chi connectivity index (χ3n) is 7.31. The van der Waals surface area contributed by atoms with Gasteiger partial charge in [-0.15, -0.1) is 0 Å². The molecule has 0 N–H and O–H groups in total. The van der Waals surface area contributed by atoms with E-state index in [4.69, 9.17) is 4.74 Å². The van der Waals surface area contributed by atoms with Crippen LogP contribution >= 0.6 is 0 Å². The minimum Gasteiger partial charge on any atom is -0.495 e. The molecule has 1 saturated heterocycles. The van der Waals surface area contributed by atoms with E-state index < -0.39 is 0 Å². The fraction of sp³-hybridized carbons (Fsp3) is 0.379. The van der Waals surface area contributed by atoms with Gasteiger partial charge in [0.1, 0.15) is 5.75 Å². The molecule has 0 spiro atoms. The zero-order valence-corrected chi connectivity index (χ0v) is 20.9. The van der Waals surface area contributed by atoms with Crippen molar-refractivity contribution >= 4 is 17.7 Å². The highest BCUT2D eigenvalue weighted by atomic mass is 16.5. The number of methoxy groups -OCH3 is 1. The Morgan fingerprint density at radius 2 is 1.91 bits per heavy atom. The lowest BCUT2D eigenvalue weighted by Gasteiger charge is -2.38. The highest BCUT2D eigenvalue weighted by Gasteiger charge is 2.31. The second-order valence-corrected chi connectivity index (χ2v) is 9.47. The average molecular weight is 471 g/mol. The SMILES string of the molecule is CCC(=Cc1ccc(-n2cnc(C)c2)c(OC)c1)C(=O)N1CCC(N2CCc3ccccc32)CC1. The summed E-state index contributed by atoms with van der Waals surface area (Å²) in [6.45, 7) is 6.72. The number of benzene rings is 2. The maximum Gasteiger partial charge on any atom is 0.249 e. The summed E-state index contributed by atoms with van der Waals surface area (Å²) >= 11 is 0. The number of fused-ring (bicyclic) bond motifs is 1. The number of anilines is 1. The number of aryl methyl sites for hydroxylation is 1. The second kappa shape index (κ2) is 9.98. The molecule has 1 fully saturated rings. The Labute approximate surface area is 207 Å². The van der Waals surface area contributed by atoms with E-state index in [-0.39, 0.29) is 5.91 Å². The molecule has 182 valence electrons. The number of amides is 1. The number of aromatic nitrogens is 2. The van der Waals surface area contributed by atoms with E-state index in [9.17, 15) is 4.79 Å². The van der Waals surface area contributed by atoms with Crippen molar-refractivity contribution in [3.63, 3.8) is 0 Å². The van der Waals surface area contributed by atoms with Crippen LogP contribution in [-0.2, 0) is 11.2 Å². The number of ether oxygens (including phenoxy) is 1. The predicted octanol–water partition coefficient (Wildman–Crippen LogP) is 5.04. The third-order valence-corrected chi connectivity index (χ3v) is 7.31. The first-order chi connectivity index (χ1) is 17.1. The molecule has 35 heavy (non-hydrogen) atoms. The number of piperidine rings is 1. The van der Waals surface area contributed by atoms with E-state index in [0.29, 0.717) is 12.5 Å². The number of hydrogen-bond donors (Lipinski definition) is 0. The zero-order chi connectivity index (χ0) is 24.4. The van der Waals surface area contributed by atoms with Gasteiger partial charge in [0.25, 0.3) is 0 Å². The first-order valence-corrected chi connectivity index (χ1v) is 12.6. The molecule has 0 bridgehead atoms. The van der Waals surface area contributed by atoms with Crippen molar-refractivity contribution in [1.29, 1.82) is 0 Å². The van der Waals surface area contributed by atoms with E-state index >= 15 is 0 Å². The lowest BCUT2D eigenvalue weighted by atomic mass is 10.0. The molecule has 5 rings (SSSR count). The zero-order valence-electron chi connectivity index (χ0n) is 20.9. The summed E-state index contributed by atoms with van der Waals surface area (Å²) in [6, 6.07) is 15.3. The number of carbonyl (C=O) groups is 1. The Morgan fingerprint density at radius 3 is 2.63 bits per heavy atom. The fourth-order valence-electron chi connectivity index (χ4n) is 5.39. The molecule has 3 heterocycles. The summed E-state index contributed by atoms with van der Waals surface area (Å²) in [5, 5.41) is 0. The summed E-state index contributed by atoms with van der Waals surface area (Å²) in [5.74, 6) is 0.909. The lowest BCUT2D eigenvalue weighted by Crippen LogP contribution is -2.46. The maximum absolute atomic E-state index is 13.4. The van der Waals surface area contributed by atoms with Gasteiger partial charge in [-0.25, -0.2) is 4.98 Å². The number of hydrogen-bond acceptors (Lipinski definition) is 4. The second-order valence-electron chi connectivity index (χ2n) is 9.47. The van der Waals surface area contributed by atoms with Gasteiger partial charge in [0.2, 0.25) is 5.91 Å². The summed E-state index contributed by atoms with van der Waals surface area (Å²) in [5.41, 5.74) is 6.52. The van der Waals surface area contributed by atoms with Crippen LogP contribution in [0.15, 0.2) is 60.6 Å². The van der Waals surface area contributed by atoms with Crippen molar-refractivity contribution in [2.75, 3.05) is 31.6 Å². The van der Waals surface area contributed by atoms with E-state index in [1.165, 1.54) is 11.3 Å². The van der Waals surface area contributed by atoms with Crippen LogP contribution in [0.1, 0.15) is 43.0 Å². The van der Waals surface area contributed by atoms with Gasteiger partial charge >= 0.3 is 0 Å². The highest BCUT2D eigenvalue weighted by Crippen LogP contribution is 2.33. The van der Waals surface area contributed by atoms with Crippen molar-refractivity contribution in [1.82, 2.24) is 14.5 Å². The molecule has 1 aromatic heterocycles. The predicted molar refractivity (Wildman–Crippen MR) is 140 cm³/mol. The van der Waals surface area contributed by atoms with Gasteiger partial charge in [0, 0.05) is 43.1 Å². The molecule has 6 heteroatoms. The van der Waals surface area contributed by atoms with Crippen LogP contribution in [0.4, 0.5) is 5.69 Å². The van der Waals surface area contributed by atoms with Gasteiger partial charge in [0.05, 0.1) is 24.8 Å². The topological polar surface area (TPSA) is 50.6 Å². The standard InChI is InChI=1S/C29H34N4O2/c1-4-23(17-22-9-10-27(28(18-22)35-3)32-19-21(2)30-20-32)29(34)31-14-12-25(13-15-31)33-16-11-24-7-5-6-8-26(24)33/h5-10,17-20,25H,4,11-16H2,1-3H3. The number of carbonyl (C=O) groups excluding carboxylic acids is 1. The molecular weight excluding hydrogens is 436 g/mol. The maximum atomic E-state index is 13.4. The van der Waals surface area contributed by atoms with Gasteiger partial charge in [0.15, 0.2) is 0 Å². The monoisotopic (exact) mass is 470 g/mol. The minimum absolute atomic E-state index is 0.154. The van der Waals surface area contributed by atoms with Crippen LogP contribution < -0.4 is 9.64 Å². The van der Waals surface area contributed by atoms with E-state index in [1.807, 2.05) is 46.9 Å². The number of nitrogens with zero attached hydrogens (tertiary/aromatic N) is 4. The quantitative estimate of drug-likeness (QED) is 0.474. The van der Waals surface area contributed by atoms with Gasteiger partial charge in [-0.05, 0) is 68.0 Å². The molecule has 0 saturated carbocycles. The molecule has 2 aliphatic rings. The smallest absolute Gasteiger partial charge is 0.249 e. The average Bonchev–Trinajstić information content (AvgIpc) is 3.53. The van der Waals surface area contributed by atoms with Crippen molar-refractivity contribution < 1.29 is 9.53 Å². The van der Waals surface area contributed by atoms with Crippen LogP contribution in [0.3, 0.4) is 0 Å². The van der Waals surface area contributed by atoms with Crippen molar-refractivity contribution in [2.45, 2.75) is 45.6 Å². The summed E-state index contributed by atoms with van der Waals surface area (Å²) in [7, 11) is 1.67. The van der Waals surface area contributed by atoms with Crippen molar-refractivity contribution in [3.8, 4) is 11.4 Å². The molecule has 2 aromatic carbocycles. The normalized spacial score (nSPS) is 16.5. The van der Waals surface area contributed by atoms with Crippen LogP contribution in [0.2, 0.25) is 0 Å². The minimum atomic E-state index is 0.154. The highest BCUT2D eigenvalue weighted by molar-refractivity contribution is 5.98. The van der Waals surface area contributed by atoms with E-state index in [0.717, 1.165) is 67.2 Å². The van der Waals surface area contributed by atoms with E-state index in [1.54, 1.807) is 13.4 Å². The first kappa shape index (κ1) is 23.2. The van der Waals surface area contributed by atoms with Crippen molar-refractivity contribution in [3.05, 3.63) is 77.4 Å². The Kier molecular flexibility index (Phi) is 6.62. The Morgan fingerprint density at radius 1 is 1.11 bits per heavy atom. The summed E-state index contributed by atoms with van der Waals surface area (Å²) in [4.78, 5) is 22.3. The van der Waals surface area contributed by atoms with Crippen LogP contribution in [-0.4, -0.2) is 53.1 Å². The number of para-hydroxylation sites is 1. The lowest BCUT2D eigenvalue weighted by molar-refractivity contribution is -0.128. The van der Waals surface area contributed by atoms with Crippen LogP contribution in [0.25, 0.3) is 11.8 Å². The number of imidazole rings is 1. The molecule has 0 atom stereocenters. The van der Waals surface area contributed by atoms with Crippen molar-refractivity contribution in [2.24, 2.45) is 0 Å². The van der Waals surface area contributed by atoms with Gasteiger partial charge in [-0.1, -0.05) is 31.2 Å². The molecule has 1 amide bonds. The largest absolute Gasteiger partial charge is 0.495 e. The van der Waals surface area contributed by atoms with E-state index in [2.05, 4.69) is 41.1 Å². The summed E-state index contributed by atoms with van der Waals surface area (Å²) in [6.07, 6.45) is 9.63. The Hall–Kier alpha value is -3.54. The first-order valence-electron chi connectivity index (χ1n) is 12.6. The molecule has 3 aromatic rings. The fourth-order valence-corrected chi connectivity index (χ4v) is 5.39. The molecule has 0 unspecified atom stereocenters. The number of likely N-dealkylation sites (tertiary alicyclic amines) is 1. The molecule has 2 aliphatic heterocycles. The van der Waals surface area contributed by atoms with Gasteiger partial charge in [-0.3, -0.25) is 4.79 Å². The Balaban J connectivity index is 1.27. The van der Waals surface area contributed by atoms with Crippen LogP contribution in [0, 0.1) is 6.92 Å². The molecule has 0 radical (unpaired) electrons. The van der Waals surface area contributed by atoms with Crippen LogP contribution in [0.5, 0.6) is 5.75 Å². The third kappa shape index (κ3) is 4.70. The molecule has 0 aliphatic carbocycles. The van der Waals surface area contributed by atoms with Gasteiger partial charge in [-0.2, -0.15) is 0 Å².